The van der Waals surface area contributed by atoms with E-state index in [1.165, 1.54) is 47.2 Å². The Balaban J connectivity index is 1.58. The highest BCUT2D eigenvalue weighted by Gasteiger charge is 2.76. The second kappa shape index (κ2) is 6.68. The van der Waals surface area contributed by atoms with Gasteiger partial charge in [-0.05, 0) is 93.2 Å². The Morgan fingerprint density at radius 3 is 1.03 bits per heavy atom. The van der Waals surface area contributed by atoms with Crippen LogP contribution >= 0.6 is 0 Å². The Labute approximate surface area is 213 Å². The summed E-state index contributed by atoms with van der Waals surface area (Å²) in [5.74, 6) is 2.84. The molecule has 4 unspecified atom stereocenters. The van der Waals surface area contributed by atoms with Gasteiger partial charge in [-0.15, -0.1) is 0 Å². The number of hydrogen-bond acceptors (Lipinski definition) is 0. The van der Waals surface area contributed by atoms with E-state index in [1.807, 2.05) is 0 Å². The Kier molecular flexibility index (Phi) is 3.67. The minimum absolute atomic E-state index is 0.128. The van der Waals surface area contributed by atoms with Crippen molar-refractivity contribution in [2.45, 2.75) is 36.5 Å². The van der Waals surface area contributed by atoms with Crippen molar-refractivity contribution >= 4 is 21.5 Å². The normalized spacial score (nSPS) is 33.3. The van der Waals surface area contributed by atoms with Gasteiger partial charge in [-0.1, -0.05) is 109 Å². The fourth-order valence-electron chi connectivity index (χ4n) is 10.6. The molecule has 0 heterocycles. The van der Waals surface area contributed by atoms with Crippen LogP contribution in [0.5, 0.6) is 0 Å². The smallest absolute Gasteiger partial charge is 0.0274 e. The molecule has 0 amide bonds. The Hall–Kier alpha value is -3.38. The third-order valence-corrected chi connectivity index (χ3v) is 11.2. The van der Waals surface area contributed by atoms with Crippen molar-refractivity contribution in [2.75, 3.05) is 0 Å². The lowest BCUT2D eigenvalue weighted by Crippen LogP contribution is -2.62. The van der Waals surface area contributed by atoms with E-state index in [0.717, 1.165) is 0 Å². The fourth-order valence-corrected chi connectivity index (χ4v) is 10.6. The van der Waals surface area contributed by atoms with Crippen LogP contribution in [0.15, 0.2) is 109 Å². The van der Waals surface area contributed by atoms with Gasteiger partial charge >= 0.3 is 0 Å². The zero-order chi connectivity index (χ0) is 23.5. The average molecular weight is 463 g/mol. The minimum atomic E-state index is 0.128. The molecule has 5 aliphatic carbocycles. The van der Waals surface area contributed by atoms with Crippen LogP contribution in [0.4, 0.5) is 0 Å². The standard InChI is InChI=1S/C36H30/c1-3-11-23(12-4-1)35-29-19-20-30(35)32-22-21-31(29)36(32,24-13-5-2-6-14-24)34-28-18-10-8-16-26(28)25-15-7-9-17-27(25)33(34)35/h1-18,29-32H,19-22H2. The molecule has 0 spiro atoms. The predicted molar refractivity (Wildman–Crippen MR) is 148 cm³/mol. The number of benzene rings is 5. The van der Waals surface area contributed by atoms with Crippen molar-refractivity contribution in [1.82, 2.24) is 0 Å². The maximum atomic E-state index is 2.47. The first-order valence-electron chi connectivity index (χ1n) is 13.9. The summed E-state index contributed by atoms with van der Waals surface area (Å²) in [5, 5.41) is 5.88. The molecule has 10 rings (SSSR count). The summed E-state index contributed by atoms with van der Waals surface area (Å²) in [5.41, 5.74) is 6.79. The SMILES string of the molecule is c1ccc(C23c4c(c5ccccc5c5ccccc45)C4(c5ccccc5)C5CCC4C2CCC53)cc1. The van der Waals surface area contributed by atoms with E-state index >= 15 is 0 Å². The first kappa shape index (κ1) is 19.8. The van der Waals surface area contributed by atoms with Crippen molar-refractivity contribution in [1.29, 1.82) is 0 Å². The molecule has 0 aromatic heterocycles. The minimum Gasteiger partial charge on any atom is -0.0622 e. The van der Waals surface area contributed by atoms with E-state index in [-0.39, 0.29) is 10.8 Å². The van der Waals surface area contributed by atoms with E-state index < -0.39 is 0 Å². The molecule has 0 radical (unpaired) electrons. The summed E-state index contributed by atoms with van der Waals surface area (Å²) < 4.78 is 0. The van der Waals surface area contributed by atoms with Gasteiger partial charge in [-0.3, -0.25) is 0 Å². The van der Waals surface area contributed by atoms with E-state index in [2.05, 4.69) is 109 Å². The number of fused-ring (bicyclic) bond motifs is 3. The largest absolute Gasteiger partial charge is 0.0622 e. The Morgan fingerprint density at radius 2 is 0.667 bits per heavy atom. The van der Waals surface area contributed by atoms with Crippen LogP contribution in [0.3, 0.4) is 0 Å². The van der Waals surface area contributed by atoms with Crippen molar-refractivity contribution in [3.05, 3.63) is 131 Å². The number of hydrogen-bond donors (Lipinski definition) is 0. The van der Waals surface area contributed by atoms with Gasteiger partial charge in [0.2, 0.25) is 0 Å². The van der Waals surface area contributed by atoms with Crippen molar-refractivity contribution in [3.8, 4) is 0 Å². The van der Waals surface area contributed by atoms with Gasteiger partial charge in [-0.2, -0.15) is 0 Å². The molecule has 4 atom stereocenters. The molecule has 5 aromatic carbocycles. The van der Waals surface area contributed by atoms with Gasteiger partial charge in [-0.25, -0.2) is 0 Å². The molecular weight excluding hydrogens is 432 g/mol. The second-order valence-corrected chi connectivity index (χ2v) is 11.9. The van der Waals surface area contributed by atoms with Crippen LogP contribution in [-0.4, -0.2) is 0 Å². The van der Waals surface area contributed by atoms with Crippen molar-refractivity contribution < 1.29 is 0 Å². The second-order valence-electron chi connectivity index (χ2n) is 11.9. The molecule has 174 valence electrons. The highest BCUT2D eigenvalue weighted by atomic mass is 14.8. The molecular formula is C36H30. The van der Waals surface area contributed by atoms with Crippen LogP contribution in [-0.2, 0) is 10.8 Å². The molecule has 5 aromatic rings. The molecule has 0 aliphatic heterocycles. The quantitative estimate of drug-likeness (QED) is 0.230. The fraction of sp³-hybridized carbons (Fsp3) is 0.278. The molecule has 6 bridgehead atoms. The lowest BCUT2D eigenvalue weighted by molar-refractivity contribution is 0.0391. The molecule has 3 saturated carbocycles. The van der Waals surface area contributed by atoms with Crippen LogP contribution in [0.1, 0.15) is 47.9 Å². The van der Waals surface area contributed by atoms with E-state index in [9.17, 15) is 0 Å². The van der Waals surface area contributed by atoms with Gasteiger partial charge < -0.3 is 0 Å². The Bertz CT molecular complexity index is 1510. The monoisotopic (exact) mass is 462 g/mol. The molecule has 0 saturated heterocycles. The molecule has 0 heteroatoms. The summed E-state index contributed by atoms with van der Waals surface area (Å²) >= 11 is 0. The molecule has 5 aliphatic rings. The third-order valence-electron chi connectivity index (χ3n) is 11.2. The zero-order valence-electron chi connectivity index (χ0n) is 20.5. The topological polar surface area (TPSA) is 0 Å². The summed E-state index contributed by atoms with van der Waals surface area (Å²) in [6, 6.07) is 42.2. The summed E-state index contributed by atoms with van der Waals surface area (Å²) in [7, 11) is 0. The van der Waals surface area contributed by atoms with Gasteiger partial charge in [0, 0.05) is 10.8 Å². The summed E-state index contributed by atoms with van der Waals surface area (Å²) in [6.07, 6.45) is 5.48. The Morgan fingerprint density at radius 1 is 0.361 bits per heavy atom. The maximum absolute atomic E-state index is 2.47. The summed E-state index contributed by atoms with van der Waals surface area (Å²) in [6.45, 7) is 0. The van der Waals surface area contributed by atoms with Crippen LogP contribution in [0.25, 0.3) is 21.5 Å². The third kappa shape index (κ3) is 1.98. The lowest BCUT2D eigenvalue weighted by Gasteiger charge is -2.64. The predicted octanol–water partition coefficient (Wildman–Crippen LogP) is 8.64. The maximum Gasteiger partial charge on any atom is 0.0274 e. The van der Waals surface area contributed by atoms with E-state index in [1.54, 1.807) is 22.3 Å². The van der Waals surface area contributed by atoms with Crippen molar-refractivity contribution in [2.24, 2.45) is 23.7 Å². The molecule has 0 nitrogen and oxygen atoms in total. The van der Waals surface area contributed by atoms with Crippen molar-refractivity contribution in [3.63, 3.8) is 0 Å². The lowest BCUT2D eigenvalue weighted by atomic mass is 9.38. The number of rotatable bonds is 2. The average Bonchev–Trinajstić information content (AvgIpc) is 3.47. The van der Waals surface area contributed by atoms with Gasteiger partial charge in [0.1, 0.15) is 0 Å². The van der Waals surface area contributed by atoms with Crippen LogP contribution in [0, 0.1) is 23.7 Å². The highest BCUT2D eigenvalue weighted by Crippen LogP contribution is 2.80. The summed E-state index contributed by atoms with van der Waals surface area (Å²) in [4.78, 5) is 0. The molecule has 3 fully saturated rings. The highest BCUT2D eigenvalue weighted by molar-refractivity contribution is 6.12. The van der Waals surface area contributed by atoms with Gasteiger partial charge in [0.25, 0.3) is 0 Å². The zero-order valence-corrected chi connectivity index (χ0v) is 20.5. The van der Waals surface area contributed by atoms with E-state index in [4.69, 9.17) is 0 Å². The van der Waals surface area contributed by atoms with Gasteiger partial charge in [0.15, 0.2) is 0 Å². The molecule has 0 N–H and O–H groups in total. The van der Waals surface area contributed by atoms with Crippen LogP contribution in [0.2, 0.25) is 0 Å². The first-order chi connectivity index (χ1) is 17.9. The van der Waals surface area contributed by atoms with Gasteiger partial charge in [0.05, 0.1) is 0 Å². The van der Waals surface area contributed by atoms with E-state index in [0.29, 0.717) is 23.7 Å². The van der Waals surface area contributed by atoms with Crippen LogP contribution < -0.4 is 0 Å². The molecule has 36 heavy (non-hydrogen) atoms. The first-order valence-corrected chi connectivity index (χ1v) is 13.9.